The van der Waals surface area contributed by atoms with Gasteiger partial charge in [-0.3, -0.25) is 4.79 Å². The zero-order valence-electron chi connectivity index (χ0n) is 32.0. The molecular weight excluding hydrogens is 789 g/mol. The number of carbonyl (C=O) groups excluding carboxylic acids is 1. The first kappa shape index (κ1) is 46.1. The fourth-order valence-electron chi connectivity index (χ4n) is 5.15. The zero-order valence-corrected chi connectivity index (χ0v) is 33.6. The lowest BCUT2D eigenvalue weighted by Crippen LogP contribution is -2.51. The molecule has 2 aromatic carbocycles. The second-order valence-corrected chi connectivity index (χ2v) is 13.8. The van der Waals surface area contributed by atoms with E-state index >= 15 is 0 Å². The second kappa shape index (κ2) is 25.0. The number of hydrogen-bond acceptors (Lipinski definition) is 10. The molecule has 0 saturated heterocycles. The van der Waals surface area contributed by atoms with Crippen molar-refractivity contribution in [3.05, 3.63) is 88.0 Å². The van der Waals surface area contributed by atoms with Gasteiger partial charge in [-0.15, -0.1) is 0 Å². The van der Waals surface area contributed by atoms with E-state index in [1.54, 1.807) is 13.8 Å². The van der Waals surface area contributed by atoms with Gasteiger partial charge in [-0.1, -0.05) is 40.2 Å². The van der Waals surface area contributed by atoms with Crippen LogP contribution in [0.3, 0.4) is 0 Å². The molecule has 0 aliphatic carbocycles. The number of hydrogen-bond donors (Lipinski definition) is 1. The second-order valence-electron chi connectivity index (χ2n) is 12.9. The van der Waals surface area contributed by atoms with Crippen LogP contribution in [0, 0.1) is 0 Å². The first-order valence-corrected chi connectivity index (χ1v) is 19.1. The molecule has 0 aliphatic rings. The molecule has 55 heavy (non-hydrogen) atoms. The molecular formula is C40H54BrF3N2O9. The number of benzene rings is 2. The van der Waals surface area contributed by atoms with Gasteiger partial charge in [-0.05, 0) is 75.6 Å². The molecule has 1 N–H and O–H groups in total. The lowest BCUT2D eigenvalue weighted by Gasteiger charge is -2.31. The lowest BCUT2D eigenvalue weighted by atomic mass is 9.86. The van der Waals surface area contributed by atoms with Crippen LogP contribution in [-0.4, -0.2) is 108 Å². The van der Waals surface area contributed by atoms with Crippen LogP contribution >= 0.6 is 15.9 Å². The highest BCUT2D eigenvalue weighted by Gasteiger charge is 2.35. The van der Waals surface area contributed by atoms with Crippen molar-refractivity contribution < 1.29 is 55.9 Å². The maximum Gasteiger partial charge on any atom is 0.417 e. The summed E-state index contributed by atoms with van der Waals surface area (Å²) < 4.78 is 84.4. The lowest BCUT2D eigenvalue weighted by molar-refractivity contribution is -0.138. The number of nitrogens with one attached hydrogen (secondary N) is 1. The van der Waals surface area contributed by atoms with Crippen LogP contribution in [0.4, 0.5) is 13.2 Å². The van der Waals surface area contributed by atoms with E-state index in [0.29, 0.717) is 104 Å². The number of ether oxygens (including phenoxy) is 8. The molecule has 15 heteroatoms. The molecule has 0 radical (unpaired) electrons. The topological polar surface area (TPSA) is 116 Å². The highest BCUT2D eigenvalue weighted by Crippen LogP contribution is 2.31. The van der Waals surface area contributed by atoms with Crippen molar-refractivity contribution >= 4 is 21.8 Å². The number of rotatable bonds is 28. The van der Waals surface area contributed by atoms with E-state index in [2.05, 4.69) is 26.2 Å². The van der Waals surface area contributed by atoms with Gasteiger partial charge in [0.2, 0.25) is 5.88 Å². The van der Waals surface area contributed by atoms with Crippen LogP contribution in [0.5, 0.6) is 11.6 Å². The predicted octanol–water partition coefficient (Wildman–Crippen LogP) is 7.05. The maximum atomic E-state index is 13.5. The molecule has 1 heterocycles. The SMILES string of the molecule is CCOCCOCCOCCOCCOCCOCCOc1cccc(C(Cc2ccc(Br)cc2)C(C)NC(=O)C(C)(C)Oc2ccc(C(F)(F)F)cn2)c1. The summed E-state index contributed by atoms with van der Waals surface area (Å²) in [4.78, 5) is 17.2. The van der Waals surface area contributed by atoms with Crippen molar-refractivity contribution in [2.45, 2.75) is 57.9 Å². The van der Waals surface area contributed by atoms with Crippen molar-refractivity contribution in [2.75, 3.05) is 85.9 Å². The van der Waals surface area contributed by atoms with E-state index in [1.165, 1.54) is 0 Å². The standard InChI is InChI=1S/C40H54BrF3N2O9/c1-5-48-15-16-49-17-18-50-19-20-51-21-22-52-23-24-53-25-26-54-35-8-6-7-32(28-35)36(27-31-9-12-34(41)13-10-31)30(2)46-38(47)39(3,4)55-37-14-11-33(29-45-37)40(42,43)44/h6-14,28-30,36H,5,15-27H2,1-4H3,(H,46,47). The van der Waals surface area contributed by atoms with Crippen LogP contribution in [0.15, 0.2) is 71.3 Å². The minimum absolute atomic E-state index is 0.0943. The number of nitrogens with zero attached hydrogens (tertiary/aromatic N) is 1. The first-order valence-electron chi connectivity index (χ1n) is 18.4. The number of pyridine rings is 1. The quantitative estimate of drug-likeness (QED) is 0.0764. The highest BCUT2D eigenvalue weighted by atomic mass is 79.9. The molecule has 3 rings (SSSR count). The van der Waals surface area contributed by atoms with Gasteiger partial charge in [-0.25, -0.2) is 4.98 Å². The Hall–Kier alpha value is -3.31. The average molecular weight is 844 g/mol. The Balaban J connectivity index is 1.42. The Labute approximate surface area is 330 Å². The van der Waals surface area contributed by atoms with Crippen molar-refractivity contribution in [2.24, 2.45) is 0 Å². The normalized spacial score (nSPS) is 13.0. The van der Waals surface area contributed by atoms with Gasteiger partial charge in [0, 0.05) is 35.3 Å². The Bertz CT molecular complexity index is 1500. The van der Waals surface area contributed by atoms with Gasteiger partial charge < -0.3 is 43.2 Å². The van der Waals surface area contributed by atoms with E-state index in [9.17, 15) is 18.0 Å². The van der Waals surface area contributed by atoms with Crippen molar-refractivity contribution in [3.63, 3.8) is 0 Å². The smallest absolute Gasteiger partial charge is 0.417 e. The van der Waals surface area contributed by atoms with E-state index in [4.69, 9.17) is 37.9 Å². The Morgan fingerprint density at radius 1 is 0.764 bits per heavy atom. The molecule has 2 atom stereocenters. The molecule has 0 spiro atoms. The monoisotopic (exact) mass is 842 g/mol. The fraction of sp³-hybridized carbons (Fsp3) is 0.550. The van der Waals surface area contributed by atoms with Gasteiger partial charge in [-0.2, -0.15) is 13.2 Å². The summed E-state index contributed by atoms with van der Waals surface area (Å²) in [6.07, 6.45) is -3.25. The summed E-state index contributed by atoms with van der Waals surface area (Å²) in [5.74, 6) is -0.0544. The number of carbonyl (C=O) groups is 1. The van der Waals surface area contributed by atoms with E-state index < -0.39 is 23.2 Å². The molecule has 306 valence electrons. The van der Waals surface area contributed by atoms with E-state index in [-0.39, 0.29) is 17.8 Å². The molecule has 1 aromatic heterocycles. The van der Waals surface area contributed by atoms with Gasteiger partial charge in [0.1, 0.15) is 12.4 Å². The molecule has 0 bridgehead atoms. The average Bonchev–Trinajstić information content (AvgIpc) is 3.15. The van der Waals surface area contributed by atoms with Crippen LogP contribution < -0.4 is 14.8 Å². The van der Waals surface area contributed by atoms with E-state index in [1.807, 2.05) is 62.4 Å². The van der Waals surface area contributed by atoms with Crippen molar-refractivity contribution in [1.82, 2.24) is 10.3 Å². The number of amides is 1. The molecule has 3 aromatic rings. The largest absolute Gasteiger partial charge is 0.491 e. The summed E-state index contributed by atoms with van der Waals surface area (Å²) in [5, 5.41) is 3.06. The number of halogens is 4. The van der Waals surface area contributed by atoms with E-state index in [0.717, 1.165) is 27.7 Å². The Morgan fingerprint density at radius 3 is 1.82 bits per heavy atom. The Morgan fingerprint density at radius 2 is 1.31 bits per heavy atom. The van der Waals surface area contributed by atoms with Crippen LogP contribution in [0.1, 0.15) is 50.3 Å². The van der Waals surface area contributed by atoms with Gasteiger partial charge in [0.25, 0.3) is 5.91 Å². The van der Waals surface area contributed by atoms with Crippen molar-refractivity contribution in [3.8, 4) is 11.6 Å². The third-order valence-electron chi connectivity index (χ3n) is 8.15. The third-order valence-corrected chi connectivity index (χ3v) is 8.68. The van der Waals surface area contributed by atoms with Crippen LogP contribution in [0.2, 0.25) is 0 Å². The fourth-order valence-corrected chi connectivity index (χ4v) is 5.42. The molecule has 0 fully saturated rings. The van der Waals surface area contributed by atoms with Crippen molar-refractivity contribution in [1.29, 1.82) is 0 Å². The molecule has 0 saturated carbocycles. The summed E-state index contributed by atoms with van der Waals surface area (Å²) in [5.41, 5.74) is -0.324. The third kappa shape index (κ3) is 18.5. The first-order chi connectivity index (χ1) is 26.4. The predicted molar refractivity (Wildman–Crippen MR) is 205 cm³/mol. The van der Waals surface area contributed by atoms with Gasteiger partial charge in [0.15, 0.2) is 5.60 Å². The number of alkyl halides is 3. The minimum atomic E-state index is -4.53. The summed E-state index contributed by atoms with van der Waals surface area (Å²) >= 11 is 3.48. The zero-order chi connectivity index (χ0) is 39.9. The Kier molecular flexibility index (Phi) is 21.0. The van der Waals surface area contributed by atoms with Crippen LogP contribution in [0.25, 0.3) is 0 Å². The molecule has 1 amide bonds. The minimum Gasteiger partial charge on any atom is -0.491 e. The van der Waals surface area contributed by atoms with Crippen LogP contribution in [-0.2, 0) is 45.8 Å². The summed E-state index contributed by atoms with van der Waals surface area (Å²) in [6, 6.07) is 17.3. The molecule has 11 nitrogen and oxygen atoms in total. The number of aromatic nitrogens is 1. The summed E-state index contributed by atoms with van der Waals surface area (Å²) in [7, 11) is 0. The maximum absolute atomic E-state index is 13.5. The van der Waals surface area contributed by atoms with Gasteiger partial charge >= 0.3 is 6.18 Å². The molecule has 2 unspecified atom stereocenters. The summed E-state index contributed by atoms with van der Waals surface area (Å²) in [6.45, 7) is 13.2. The molecule has 0 aliphatic heterocycles. The van der Waals surface area contributed by atoms with Gasteiger partial charge in [0.05, 0.1) is 78.2 Å². The highest BCUT2D eigenvalue weighted by molar-refractivity contribution is 9.10.